The number of aromatic nitrogens is 1. The molecule has 0 radical (unpaired) electrons. The Morgan fingerprint density at radius 2 is 2.09 bits per heavy atom. The summed E-state index contributed by atoms with van der Waals surface area (Å²) in [5, 5.41) is 5.43. The summed E-state index contributed by atoms with van der Waals surface area (Å²) in [7, 11) is 2.08. The van der Waals surface area contributed by atoms with E-state index in [9.17, 15) is 4.79 Å². The van der Waals surface area contributed by atoms with E-state index in [4.69, 9.17) is 5.73 Å². The Morgan fingerprint density at radius 1 is 1.32 bits per heavy atom. The summed E-state index contributed by atoms with van der Waals surface area (Å²) >= 11 is 1.42. The van der Waals surface area contributed by atoms with Crippen LogP contribution in [0.5, 0.6) is 0 Å². The van der Waals surface area contributed by atoms with Crippen molar-refractivity contribution in [1.29, 1.82) is 0 Å². The summed E-state index contributed by atoms with van der Waals surface area (Å²) in [6, 6.07) is 10.3. The van der Waals surface area contributed by atoms with Crippen molar-refractivity contribution in [1.82, 2.24) is 10.3 Å². The number of nitrogens with zero attached hydrogens (tertiary/aromatic N) is 2. The zero-order chi connectivity index (χ0) is 15.8. The zero-order valence-corrected chi connectivity index (χ0v) is 13.6. The van der Waals surface area contributed by atoms with Crippen molar-refractivity contribution in [2.45, 2.75) is 19.4 Å². The summed E-state index contributed by atoms with van der Waals surface area (Å²) in [5.41, 5.74) is 7.17. The van der Waals surface area contributed by atoms with Gasteiger partial charge in [0.15, 0.2) is 0 Å². The van der Waals surface area contributed by atoms with Gasteiger partial charge in [-0.3, -0.25) is 4.79 Å². The molecular weight excluding hydrogens is 296 g/mol. The van der Waals surface area contributed by atoms with Crippen molar-refractivity contribution in [3.8, 4) is 0 Å². The van der Waals surface area contributed by atoms with E-state index in [-0.39, 0.29) is 5.91 Å². The van der Waals surface area contributed by atoms with E-state index in [1.165, 1.54) is 17.0 Å². The first kappa shape index (κ1) is 16.5. The van der Waals surface area contributed by atoms with Gasteiger partial charge in [-0.2, -0.15) is 0 Å². The van der Waals surface area contributed by atoms with Gasteiger partial charge in [0.05, 0.1) is 0 Å². The number of hydrogen-bond acceptors (Lipinski definition) is 5. The molecule has 1 aromatic heterocycles. The highest BCUT2D eigenvalue weighted by Crippen LogP contribution is 2.11. The van der Waals surface area contributed by atoms with Crippen molar-refractivity contribution >= 4 is 22.9 Å². The van der Waals surface area contributed by atoms with Crippen molar-refractivity contribution in [3.63, 3.8) is 0 Å². The lowest BCUT2D eigenvalue weighted by atomic mass is 10.2. The maximum Gasteiger partial charge on any atom is 0.270 e. The Balaban J connectivity index is 1.64. The highest BCUT2D eigenvalue weighted by Gasteiger charge is 2.09. The number of thiazole rings is 1. The Hall–Kier alpha value is -1.92. The molecule has 0 aliphatic heterocycles. The first-order chi connectivity index (χ1) is 10.7. The van der Waals surface area contributed by atoms with E-state index in [0.717, 1.165) is 24.4 Å². The number of carbonyl (C=O) groups excluding carboxylic acids is 1. The summed E-state index contributed by atoms with van der Waals surface area (Å²) in [4.78, 5) is 18.3. The number of nitrogens with one attached hydrogen (secondary N) is 1. The molecule has 5 nitrogen and oxygen atoms in total. The Bertz CT molecular complexity index is 585. The Labute approximate surface area is 135 Å². The van der Waals surface area contributed by atoms with Gasteiger partial charge >= 0.3 is 0 Å². The van der Waals surface area contributed by atoms with E-state index in [1.54, 1.807) is 5.38 Å². The van der Waals surface area contributed by atoms with Crippen LogP contribution in [0.15, 0.2) is 35.7 Å². The van der Waals surface area contributed by atoms with Crippen LogP contribution in [-0.4, -0.2) is 31.0 Å². The second-order valence-electron chi connectivity index (χ2n) is 5.05. The third-order valence-electron chi connectivity index (χ3n) is 3.36. The van der Waals surface area contributed by atoms with Gasteiger partial charge in [0.1, 0.15) is 10.7 Å². The first-order valence-electron chi connectivity index (χ1n) is 7.39. The average Bonchev–Trinajstić information content (AvgIpc) is 3.04. The molecule has 118 valence electrons. The Kier molecular flexibility index (Phi) is 6.36. The highest BCUT2D eigenvalue weighted by atomic mass is 32.1. The number of rotatable bonds is 8. The zero-order valence-electron chi connectivity index (χ0n) is 12.8. The standard InChI is InChI=1S/C16H22N4OS/c1-20(13-7-3-2-4-8-13)10-6-5-9-18-16(21)14-12-22-15(11-17)19-14/h2-4,7-8,12H,5-6,9-11,17H2,1H3,(H,18,21). The fourth-order valence-electron chi connectivity index (χ4n) is 2.09. The number of amides is 1. The summed E-state index contributed by atoms with van der Waals surface area (Å²) in [5.74, 6) is -0.118. The molecule has 0 unspecified atom stereocenters. The molecule has 0 saturated carbocycles. The molecule has 6 heteroatoms. The highest BCUT2D eigenvalue weighted by molar-refractivity contribution is 7.09. The normalized spacial score (nSPS) is 10.5. The van der Waals surface area contributed by atoms with E-state index in [1.807, 2.05) is 18.2 Å². The first-order valence-corrected chi connectivity index (χ1v) is 8.27. The molecule has 1 heterocycles. The number of carbonyl (C=O) groups is 1. The van der Waals surface area contributed by atoms with Crippen LogP contribution in [0.1, 0.15) is 28.3 Å². The third-order valence-corrected chi connectivity index (χ3v) is 4.23. The van der Waals surface area contributed by atoms with Crippen molar-refractivity contribution in [2.24, 2.45) is 5.73 Å². The largest absolute Gasteiger partial charge is 0.375 e. The van der Waals surface area contributed by atoms with Gasteiger partial charge in [0, 0.05) is 37.7 Å². The van der Waals surface area contributed by atoms with Crippen LogP contribution in [0.3, 0.4) is 0 Å². The van der Waals surface area contributed by atoms with E-state index in [2.05, 4.69) is 34.4 Å². The Morgan fingerprint density at radius 3 is 2.77 bits per heavy atom. The number of anilines is 1. The summed E-state index contributed by atoms with van der Waals surface area (Å²) < 4.78 is 0. The second-order valence-corrected chi connectivity index (χ2v) is 5.99. The molecule has 0 bridgehead atoms. The lowest BCUT2D eigenvalue weighted by Crippen LogP contribution is -2.26. The summed E-state index contributed by atoms with van der Waals surface area (Å²) in [6.45, 7) is 2.01. The van der Waals surface area contributed by atoms with Gasteiger partial charge in [-0.15, -0.1) is 11.3 Å². The molecule has 1 aromatic carbocycles. The molecule has 0 fully saturated rings. The lowest BCUT2D eigenvalue weighted by molar-refractivity contribution is 0.0948. The maximum absolute atomic E-state index is 11.9. The van der Waals surface area contributed by atoms with Gasteiger partial charge in [0.25, 0.3) is 5.91 Å². The molecule has 0 saturated heterocycles. The van der Waals surface area contributed by atoms with Crippen molar-refractivity contribution < 1.29 is 4.79 Å². The number of benzene rings is 1. The number of nitrogens with two attached hydrogens (primary N) is 1. The van der Waals surface area contributed by atoms with Gasteiger partial charge < -0.3 is 16.0 Å². The fourth-order valence-corrected chi connectivity index (χ4v) is 2.74. The SMILES string of the molecule is CN(CCCCNC(=O)c1csc(CN)n1)c1ccccc1. The molecule has 22 heavy (non-hydrogen) atoms. The van der Waals surface area contributed by atoms with Crippen LogP contribution in [0, 0.1) is 0 Å². The van der Waals surface area contributed by atoms with E-state index >= 15 is 0 Å². The van der Waals surface area contributed by atoms with E-state index in [0.29, 0.717) is 18.8 Å². The quantitative estimate of drug-likeness (QED) is 0.732. The molecule has 2 rings (SSSR count). The van der Waals surface area contributed by atoms with Crippen LogP contribution in [0.4, 0.5) is 5.69 Å². The maximum atomic E-state index is 11.9. The monoisotopic (exact) mass is 318 g/mol. The van der Waals surface area contributed by atoms with Crippen molar-refractivity contribution in [2.75, 3.05) is 25.0 Å². The molecular formula is C16H22N4OS. The molecule has 1 amide bonds. The third kappa shape index (κ3) is 4.82. The number of para-hydroxylation sites is 1. The van der Waals surface area contributed by atoms with Crippen LogP contribution in [-0.2, 0) is 6.54 Å². The van der Waals surface area contributed by atoms with Gasteiger partial charge in [-0.25, -0.2) is 4.98 Å². The van der Waals surface area contributed by atoms with E-state index < -0.39 is 0 Å². The van der Waals surface area contributed by atoms with Crippen LogP contribution < -0.4 is 16.0 Å². The van der Waals surface area contributed by atoms with Gasteiger partial charge in [-0.05, 0) is 25.0 Å². The topological polar surface area (TPSA) is 71.2 Å². The van der Waals surface area contributed by atoms with Gasteiger partial charge in [-0.1, -0.05) is 18.2 Å². The minimum absolute atomic E-state index is 0.118. The smallest absolute Gasteiger partial charge is 0.270 e. The number of unbranched alkanes of at least 4 members (excludes halogenated alkanes) is 1. The van der Waals surface area contributed by atoms with Crippen LogP contribution >= 0.6 is 11.3 Å². The molecule has 0 aliphatic rings. The summed E-state index contributed by atoms with van der Waals surface area (Å²) in [6.07, 6.45) is 1.97. The second kappa shape index (κ2) is 8.51. The predicted octanol–water partition coefficient (Wildman–Crippen LogP) is 2.25. The van der Waals surface area contributed by atoms with Crippen LogP contribution in [0.25, 0.3) is 0 Å². The fraction of sp³-hybridized carbons (Fsp3) is 0.375. The van der Waals surface area contributed by atoms with Gasteiger partial charge in [0.2, 0.25) is 0 Å². The predicted molar refractivity (Wildman–Crippen MR) is 91.3 cm³/mol. The molecule has 0 aliphatic carbocycles. The average molecular weight is 318 g/mol. The molecule has 2 aromatic rings. The minimum atomic E-state index is -0.118. The lowest BCUT2D eigenvalue weighted by Gasteiger charge is -2.19. The molecule has 0 spiro atoms. The molecule has 0 atom stereocenters. The van der Waals surface area contributed by atoms with Crippen LogP contribution in [0.2, 0.25) is 0 Å². The van der Waals surface area contributed by atoms with Crippen molar-refractivity contribution in [3.05, 3.63) is 46.4 Å². The number of hydrogen-bond donors (Lipinski definition) is 2. The minimum Gasteiger partial charge on any atom is -0.375 e. The molecule has 3 N–H and O–H groups in total.